The Kier molecular flexibility index (Phi) is 9.35. The lowest BCUT2D eigenvalue weighted by molar-refractivity contribution is -0.129. The number of anilines is 3. The summed E-state index contributed by atoms with van der Waals surface area (Å²) in [5, 5.41) is 7.62. The van der Waals surface area contributed by atoms with Gasteiger partial charge < -0.3 is 25.6 Å². The molecule has 1 amide bonds. The van der Waals surface area contributed by atoms with Gasteiger partial charge in [-0.3, -0.25) is 9.48 Å². The Labute approximate surface area is 244 Å². The number of nitrogens with one attached hydrogen (secondary N) is 1. The van der Waals surface area contributed by atoms with Crippen LogP contribution in [0.2, 0.25) is 0 Å². The molecule has 0 radical (unpaired) electrons. The second-order valence-electron chi connectivity index (χ2n) is 9.86. The van der Waals surface area contributed by atoms with E-state index in [9.17, 15) is 9.18 Å². The molecule has 0 spiro atoms. The maximum atomic E-state index is 14.7. The largest absolute Gasteiger partial charge is 0.496 e. The molecule has 4 heterocycles. The highest BCUT2D eigenvalue weighted by Gasteiger charge is 2.22. The number of amides is 1. The van der Waals surface area contributed by atoms with Gasteiger partial charge in [0.2, 0.25) is 5.91 Å². The van der Waals surface area contributed by atoms with Crippen molar-refractivity contribution in [1.82, 2.24) is 29.6 Å². The molecule has 1 aliphatic rings. The van der Waals surface area contributed by atoms with Crippen LogP contribution in [0.15, 0.2) is 55.1 Å². The number of methoxy groups -OCH3 is 1. The minimum atomic E-state index is -0.476. The van der Waals surface area contributed by atoms with Crippen LogP contribution in [0, 0.1) is 5.82 Å². The highest BCUT2D eigenvalue weighted by molar-refractivity contribution is 5.85. The third-order valence-electron chi connectivity index (χ3n) is 6.75. The zero-order valence-electron chi connectivity index (χ0n) is 23.1. The molecule has 0 saturated carbocycles. The Morgan fingerprint density at radius 2 is 2.05 bits per heavy atom. The first kappa shape index (κ1) is 29.7. The Bertz CT molecular complexity index is 1510. The molecule has 3 N–H and O–H groups in total. The average Bonchev–Trinajstić information content (AvgIpc) is 3.41. The van der Waals surface area contributed by atoms with E-state index in [0.29, 0.717) is 23.9 Å². The monoisotopic (exact) mass is 581 g/mol. The molecule has 1 atom stereocenters. The number of hydrogen-bond acceptors (Lipinski definition) is 9. The molecule has 1 fully saturated rings. The van der Waals surface area contributed by atoms with Gasteiger partial charge in [0, 0.05) is 74.7 Å². The van der Waals surface area contributed by atoms with Crippen molar-refractivity contribution in [3.8, 4) is 28.3 Å². The van der Waals surface area contributed by atoms with E-state index >= 15 is 0 Å². The Balaban J connectivity index is 0.00000387. The molecule has 5 rings (SSSR count). The lowest BCUT2D eigenvalue weighted by atomic mass is 10.0. The van der Waals surface area contributed by atoms with Crippen LogP contribution in [-0.2, 0) is 11.3 Å². The summed E-state index contributed by atoms with van der Waals surface area (Å²) in [6.45, 7) is 1.70. The molecule has 0 aliphatic carbocycles. The maximum Gasteiger partial charge on any atom is 0.243 e. The minimum absolute atomic E-state index is 0. The summed E-state index contributed by atoms with van der Waals surface area (Å²) in [7, 11) is 4.91. The smallest absolute Gasteiger partial charge is 0.243 e. The molecule has 41 heavy (non-hydrogen) atoms. The van der Waals surface area contributed by atoms with Crippen LogP contribution in [0.1, 0.15) is 12.8 Å². The first-order chi connectivity index (χ1) is 19.3. The summed E-state index contributed by atoms with van der Waals surface area (Å²) in [6, 6.07) is 8.28. The van der Waals surface area contributed by atoms with Gasteiger partial charge in [0.25, 0.3) is 0 Å². The van der Waals surface area contributed by atoms with Gasteiger partial charge in [0.15, 0.2) is 5.82 Å². The lowest BCUT2D eigenvalue weighted by Crippen LogP contribution is -2.43. The van der Waals surface area contributed by atoms with Gasteiger partial charge in [-0.1, -0.05) is 6.07 Å². The van der Waals surface area contributed by atoms with E-state index in [0.717, 1.165) is 36.2 Å². The van der Waals surface area contributed by atoms with Crippen molar-refractivity contribution in [2.75, 3.05) is 44.5 Å². The summed E-state index contributed by atoms with van der Waals surface area (Å²) in [5.41, 5.74) is 9.17. The van der Waals surface area contributed by atoms with Crippen LogP contribution in [-0.4, -0.2) is 75.9 Å². The Hall–Kier alpha value is -4.29. The minimum Gasteiger partial charge on any atom is -0.496 e. The molecule has 216 valence electrons. The summed E-state index contributed by atoms with van der Waals surface area (Å²) in [6.07, 6.45) is 8.85. The van der Waals surface area contributed by atoms with Crippen LogP contribution in [0.4, 0.5) is 21.7 Å². The third kappa shape index (κ3) is 6.72. The molecular weight excluding hydrogens is 549 g/mol. The first-order valence-electron chi connectivity index (χ1n) is 13.0. The molecule has 1 aromatic carbocycles. The van der Waals surface area contributed by atoms with E-state index in [4.69, 9.17) is 10.5 Å². The van der Waals surface area contributed by atoms with Crippen molar-refractivity contribution < 1.29 is 13.9 Å². The van der Waals surface area contributed by atoms with Crippen molar-refractivity contribution in [1.29, 1.82) is 0 Å². The highest BCUT2D eigenvalue weighted by Crippen LogP contribution is 2.35. The van der Waals surface area contributed by atoms with Gasteiger partial charge >= 0.3 is 0 Å². The van der Waals surface area contributed by atoms with E-state index in [1.807, 2.05) is 12.3 Å². The molecule has 0 bridgehead atoms. The van der Waals surface area contributed by atoms with Crippen molar-refractivity contribution >= 4 is 35.6 Å². The Morgan fingerprint density at radius 1 is 1.22 bits per heavy atom. The molecule has 1 saturated heterocycles. The second kappa shape index (κ2) is 12.9. The van der Waals surface area contributed by atoms with E-state index in [2.05, 4.69) is 30.3 Å². The number of carbonyl (C=O) groups is 1. The van der Waals surface area contributed by atoms with E-state index in [-0.39, 0.29) is 42.3 Å². The molecule has 0 unspecified atom stereocenters. The average molecular weight is 582 g/mol. The van der Waals surface area contributed by atoms with Gasteiger partial charge in [0.1, 0.15) is 29.7 Å². The number of hydrogen-bond donors (Lipinski definition) is 2. The number of piperidine rings is 1. The normalized spacial score (nSPS) is 14.8. The zero-order valence-corrected chi connectivity index (χ0v) is 23.9. The number of rotatable bonds is 8. The number of nitrogens with two attached hydrogens (primary N) is 1. The fourth-order valence-electron chi connectivity index (χ4n) is 4.67. The van der Waals surface area contributed by atoms with Crippen molar-refractivity contribution in [2.24, 2.45) is 5.73 Å². The van der Waals surface area contributed by atoms with Crippen LogP contribution < -0.4 is 20.7 Å². The predicted molar refractivity (Wildman–Crippen MR) is 158 cm³/mol. The number of pyridine rings is 1. The van der Waals surface area contributed by atoms with Gasteiger partial charge in [-0.2, -0.15) is 5.10 Å². The molecule has 3 aromatic heterocycles. The number of halogens is 2. The van der Waals surface area contributed by atoms with Gasteiger partial charge in [-0.05, 0) is 31.0 Å². The number of aromatic nitrogens is 5. The molecular formula is C28H33ClFN9O2. The second-order valence-corrected chi connectivity index (χ2v) is 9.86. The summed E-state index contributed by atoms with van der Waals surface area (Å²) >= 11 is 0. The standard InChI is InChI=1S/C28H32FN9O2.ClH/c1-36(2)26(39)17-38-15-18(13-33-38)20-14-32-25(12-22(20)37-11-5-6-19(30)16-37)34-24-9-10-31-28(35-24)27-21(29)7-4-8-23(27)40-3;/h4,7-10,12-15,19H,5-6,11,16-17,30H2,1-3H3,(H,31,32,34,35);1H/t19-;/m0./s1. The quantitative estimate of drug-likeness (QED) is 0.320. The van der Waals surface area contributed by atoms with E-state index < -0.39 is 5.82 Å². The number of benzene rings is 1. The molecule has 4 aromatic rings. The number of ether oxygens (including phenoxy) is 1. The molecule has 13 heteroatoms. The van der Waals surface area contributed by atoms with E-state index in [1.165, 1.54) is 18.1 Å². The van der Waals surface area contributed by atoms with Gasteiger partial charge in [0.05, 0.1) is 18.9 Å². The van der Waals surface area contributed by atoms with Gasteiger partial charge in [-0.15, -0.1) is 12.4 Å². The summed E-state index contributed by atoms with van der Waals surface area (Å²) < 4.78 is 21.6. The third-order valence-corrected chi connectivity index (χ3v) is 6.75. The fraction of sp³-hybridized carbons (Fsp3) is 0.321. The summed E-state index contributed by atoms with van der Waals surface area (Å²) in [5.74, 6) is 1.02. The topological polar surface area (TPSA) is 127 Å². The first-order valence-corrected chi connectivity index (χ1v) is 13.0. The SMILES string of the molecule is COc1cccc(F)c1-c1nccc(Nc2cc(N3CCC[C@H](N)C3)c(-c3cnn(CC(=O)N(C)C)c3)cn2)n1.Cl. The van der Waals surface area contributed by atoms with E-state index in [1.54, 1.807) is 55.6 Å². The molecule has 1 aliphatic heterocycles. The highest BCUT2D eigenvalue weighted by atomic mass is 35.5. The fourth-order valence-corrected chi connectivity index (χ4v) is 4.67. The maximum absolute atomic E-state index is 14.7. The van der Waals surface area contributed by atoms with Crippen LogP contribution in [0.5, 0.6) is 5.75 Å². The number of nitrogens with zero attached hydrogens (tertiary/aromatic N) is 7. The van der Waals surface area contributed by atoms with Crippen LogP contribution in [0.3, 0.4) is 0 Å². The molecule has 11 nitrogen and oxygen atoms in total. The van der Waals surface area contributed by atoms with Crippen LogP contribution in [0.25, 0.3) is 22.5 Å². The van der Waals surface area contributed by atoms with Crippen molar-refractivity contribution in [2.45, 2.75) is 25.4 Å². The predicted octanol–water partition coefficient (Wildman–Crippen LogP) is 3.73. The summed E-state index contributed by atoms with van der Waals surface area (Å²) in [4.78, 5) is 29.4. The number of carbonyl (C=O) groups excluding carboxylic acids is 1. The van der Waals surface area contributed by atoms with Crippen molar-refractivity contribution in [3.05, 3.63) is 60.9 Å². The Morgan fingerprint density at radius 3 is 2.80 bits per heavy atom. The number of likely N-dealkylation sites (N-methyl/N-ethyl adjacent to an activating group) is 1. The zero-order chi connectivity index (χ0) is 28.2. The lowest BCUT2D eigenvalue weighted by Gasteiger charge is -2.34. The van der Waals surface area contributed by atoms with Crippen molar-refractivity contribution in [3.63, 3.8) is 0 Å². The van der Waals surface area contributed by atoms with Crippen LogP contribution >= 0.6 is 12.4 Å². The van der Waals surface area contributed by atoms with Gasteiger partial charge in [-0.25, -0.2) is 19.3 Å².